The molecule has 1 heterocycles. The van der Waals surface area contributed by atoms with Gasteiger partial charge in [0.05, 0.1) is 0 Å². The van der Waals surface area contributed by atoms with Crippen LogP contribution in [0.4, 0.5) is 5.69 Å². The number of aryl methyl sites for hydroxylation is 1. The van der Waals surface area contributed by atoms with Crippen molar-refractivity contribution >= 4 is 17.0 Å². The summed E-state index contributed by atoms with van der Waals surface area (Å²) in [5.41, 5.74) is 2.79. The third-order valence-corrected chi connectivity index (χ3v) is 4.61. The fourth-order valence-electron chi connectivity index (χ4n) is 2.50. The van der Waals surface area contributed by atoms with E-state index in [4.69, 9.17) is 0 Å². The third kappa shape index (κ3) is 1.46. The fourth-order valence-corrected chi connectivity index (χ4v) is 3.29. The first-order chi connectivity index (χ1) is 6.84. The first kappa shape index (κ1) is 8.78. The van der Waals surface area contributed by atoms with Gasteiger partial charge in [0.1, 0.15) is 0 Å². The summed E-state index contributed by atoms with van der Waals surface area (Å²) in [6.45, 7) is 2.20. The molecule has 1 N–H and O–H groups in total. The van der Waals surface area contributed by atoms with E-state index in [1.165, 1.54) is 36.9 Å². The van der Waals surface area contributed by atoms with E-state index in [0.29, 0.717) is 0 Å². The summed E-state index contributed by atoms with van der Waals surface area (Å²) in [6, 6.07) is 0.788. The highest BCUT2D eigenvalue weighted by molar-refractivity contribution is 7.08. The molecule has 0 spiro atoms. The topological polar surface area (TPSA) is 12.0 Å². The van der Waals surface area contributed by atoms with E-state index in [0.717, 1.165) is 17.9 Å². The summed E-state index contributed by atoms with van der Waals surface area (Å²) < 4.78 is 0. The van der Waals surface area contributed by atoms with Crippen molar-refractivity contribution in [2.45, 2.75) is 38.6 Å². The molecule has 0 saturated heterocycles. The molecule has 2 aliphatic carbocycles. The maximum atomic E-state index is 3.71. The lowest BCUT2D eigenvalue weighted by molar-refractivity contribution is 0.243. The number of hydrogen-bond donors (Lipinski definition) is 1. The van der Waals surface area contributed by atoms with Gasteiger partial charge in [0.2, 0.25) is 0 Å². The minimum absolute atomic E-state index is 0.788. The van der Waals surface area contributed by atoms with E-state index in [1.54, 1.807) is 11.3 Å². The van der Waals surface area contributed by atoms with E-state index in [-0.39, 0.29) is 0 Å². The molecule has 0 aliphatic heterocycles. The van der Waals surface area contributed by atoms with Crippen LogP contribution in [0.5, 0.6) is 0 Å². The first-order valence-corrected chi connectivity index (χ1v) is 6.58. The summed E-state index contributed by atoms with van der Waals surface area (Å²) in [6.07, 6.45) is 5.83. The van der Waals surface area contributed by atoms with Gasteiger partial charge < -0.3 is 5.32 Å². The zero-order valence-electron chi connectivity index (χ0n) is 8.62. The Kier molecular flexibility index (Phi) is 2.05. The predicted molar refractivity (Wildman–Crippen MR) is 61.9 cm³/mol. The summed E-state index contributed by atoms with van der Waals surface area (Å²) in [4.78, 5) is 0. The Balaban J connectivity index is 1.64. The Hall–Kier alpha value is -0.500. The van der Waals surface area contributed by atoms with E-state index in [2.05, 4.69) is 23.0 Å². The molecule has 2 atom stereocenters. The molecule has 1 aromatic heterocycles. The van der Waals surface area contributed by atoms with E-state index in [9.17, 15) is 0 Å². The molecule has 0 radical (unpaired) electrons. The summed E-state index contributed by atoms with van der Waals surface area (Å²) in [5, 5.41) is 8.19. The largest absolute Gasteiger partial charge is 0.381 e. The Labute approximate surface area is 89.5 Å². The number of nitrogens with one attached hydrogen (secondary N) is 1. The molecule has 2 aliphatic rings. The van der Waals surface area contributed by atoms with Crippen LogP contribution in [-0.2, 0) is 0 Å². The molecule has 2 fully saturated rings. The van der Waals surface area contributed by atoms with Gasteiger partial charge in [-0.25, -0.2) is 0 Å². The highest BCUT2D eigenvalue weighted by Gasteiger charge is 2.41. The second-order valence-electron chi connectivity index (χ2n) is 4.80. The molecule has 3 rings (SSSR count). The van der Waals surface area contributed by atoms with Crippen LogP contribution in [0.15, 0.2) is 10.8 Å². The van der Waals surface area contributed by atoms with Crippen LogP contribution in [-0.4, -0.2) is 6.04 Å². The molecule has 0 bridgehead atoms. The van der Waals surface area contributed by atoms with Crippen molar-refractivity contribution in [1.29, 1.82) is 0 Å². The molecular weight excluding hydrogens is 190 g/mol. The lowest BCUT2D eigenvalue weighted by Gasteiger charge is -2.38. The van der Waals surface area contributed by atoms with Crippen LogP contribution in [0, 0.1) is 18.8 Å². The highest BCUT2D eigenvalue weighted by atomic mass is 32.1. The van der Waals surface area contributed by atoms with Crippen molar-refractivity contribution in [2.75, 3.05) is 5.32 Å². The number of thiophene rings is 1. The molecule has 14 heavy (non-hydrogen) atoms. The minimum Gasteiger partial charge on any atom is -0.381 e. The number of hydrogen-bond acceptors (Lipinski definition) is 2. The lowest BCUT2D eigenvalue weighted by Crippen LogP contribution is -2.39. The number of rotatable bonds is 3. The summed E-state index contributed by atoms with van der Waals surface area (Å²) in [7, 11) is 0. The van der Waals surface area contributed by atoms with Crippen LogP contribution in [0.1, 0.15) is 31.2 Å². The molecule has 1 aromatic rings. The van der Waals surface area contributed by atoms with Crippen LogP contribution in [0.25, 0.3) is 0 Å². The van der Waals surface area contributed by atoms with Crippen molar-refractivity contribution < 1.29 is 0 Å². The Morgan fingerprint density at radius 2 is 2.07 bits per heavy atom. The fraction of sp³-hybridized carbons (Fsp3) is 0.667. The third-order valence-electron chi connectivity index (χ3n) is 3.75. The van der Waals surface area contributed by atoms with E-state index < -0.39 is 0 Å². The summed E-state index contributed by atoms with van der Waals surface area (Å²) in [5.74, 6) is 2.06. The van der Waals surface area contributed by atoms with Gasteiger partial charge in [-0.3, -0.25) is 0 Å². The van der Waals surface area contributed by atoms with Gasteiger partial charge in [0.25, 0.3) is 0 Å². The SMILES string of the molecule is Cc1cscc1NC1CCC1C1CC1. The second kappa shape index (κ2) is 3.27. The van der Waals surface area contributed by atoms with Gasteiger partial charge in [0, 0.05) is 17.1 Å². The van der Waals surface area contributed by atoms with Crippen molar-refractivity contribution in [3.05, 3.63) is 16.3 Å². The van der Waals surface area contributed by atoms with E-state index >= 15 is 0 Å². The average Bonchev–Trinajstić information content (AvgIpc) is 2.85. The van der Waals surface area contributed by atoms with Crippen LogP contribution < -0.4 is 5.32 Å². The molecule has 0 aromatic carbocycles. The lowest BCUT2D eigenvalue weighted by atomic mass is 9.76. The second-order valence-corrected chi connectivity index (χ2v) is 5.54. The van der Waals surface area contributed by atoms with Gasteiger partial charge in [-0.1, -0.05) is 0 Å². The molecule has 2 unspecified atom stereocenters. The van der Waals surface area contributed by atoms with Crippen molar-refractivity contribution in [2.24, 2.45) is 11.8 Å². The Bertz CT molecular complexity index is 327. The van der Waals surface area contributed by atoms with Crippen LogP contribution in [0.2, 0.25) is 0 Å². The van der Waals surface area contributed by atoms with Crippen LogP contribution in [0.3, 0.4) is 0 Å². The predicted octanol–water partition coefficient (Wildman–Crippen LogP) is 3.66. The monoisotopic (exact) mass is 207 g/mol. The maximum Gasteiger partial charge on any atom is 0.0480 e. The molecule has 2 saturated carbocycles. The highest BCUT2D eigenvalue weighted by Crippen LogP contribution is 2.48. The van der Waals surface area contributed by atoms with E-state index in [1.807, 2.05) is 0 Å². The molecular formula is C12H17NS. The molecule has 0 amide bonds. The van der Waals surface area contributed by atoms with Gasteiger partial charge in [-0.15, -0.1) is 11.3 Å². The standard InChI is InChI=1S/C12H17NS/c1-8-6-14-7-12(8)13-11-5-4-10(11)9-2-3-9/h6-7,9-11,13H,2-5H2,1H3. The van der Waals surface area contributed by atoms with Crippen molar-refractivity contribution in [1.82, 2.24) is 0 Å². The summed E-state index contributed by atoms with van der Waals surface area (Å²) >= 11 is 1.81. The van der Waals surface area contributed by atoms with Crippen molar-refractivity contribution in [3.8, 4) is 0 Å². The molecule has 76 valence electrons. The Morgan fingerprint density at radius 3 is 2.57 bits per heavy atom. The van der Waals surface area contributed by atoms with Gasteiger partial charge >= 0.3 is 0 Å². The quantitative estimate of drug-likeness (QED) is 0.797. The Morgan fingerprint density at radius 1 is 1.21 bits per heavy atom. The zero-order chi connectivity index (χ0) is 9.54. The van der Waals surface area contributed by atoms with Crippen molar-refractivity contribution in [3.63, 3.8) is 0 Å². The molecule has 1 nitrogen and oxygen atoms in total. The number of anilines is 1. The molecule has 2 heteroatoms. The van der Waals surface area contributed by atoms with Gasteiger partial charge in [0.15, 0.2) is 0 Å². The maximum absolute atomic E-state index is 3.71. The normalized spacial score (nSPS) is 31.2. The first-order valence-electron chi connectivity index (χ1n) is 5.64. The average molecular weight is 207 g/mol. The zero-order valence-corrected chi connectivity index (χ0v) is 9.44. The van der Waals surface area contributed by atoms with Gasteiger partial charge in [-0.05, 0) is 55.4 Å². The minimum atomic E-state index is 0.788. The smallest absolute Gasteiger partial charge is 0.0480 e. The van der Waals surface area contributed by atoms with Crippen LogP contribution >= 0.6 is 11.3 Å². The van der Waals surface area contributed by atoms with Gasteiger partial charge in [-0.2, -0.15) is 0 Å².